The molecule has 2 aliphatic rings. The van der Waals surface area contributed by atoms with Gasteiger partial charge in [-0.25, -0.2) is 0 Å². The van der Waals surface area contributed by atoms with Crippen LogP contribution in [0.5, 0.6) is 0 Å². The highest BCUT2D eigenvalue weighted by molar-refractivity contribution is 5.61. The summed E-state index contributed by atoms with van der Waals surface area (Å²) in [6.07, 6.45) is 3.79. The van der Waals surface area contributed by atoms with Crippen LogP contribution in [0, 0.1) is 5.92 Å². The Balaban J connectivity index is 1.86. The SMILES string of the molecule is COCC(C1CC1)N1CC(CCN)c2ccccc21. The third kappa shape index (κ3) is 2.49. The first-order valence-corrected chi connectivity index (χ1v) is 7.39. The summed E-state index contributed by atoms with van der Waals surface area (Å²) in [6.45, 7) is 2.72. The molecule has 3 nitrogen and oxygen atoms in total. The summed E-state index contributed by atoms with van der Waals surface area (Å²) in [5.74, 6) is 1.42. The number of hydrogen-bond acceptors (Lipinski definition) is 3. The zero-order valence-corrected chi connectivity index (χ0v) is 11.7. The number of nitrogens with zero attached hydrogens (tertiary/aromatic N) is 1. The average molecular weight is 260 g/mol. The second-order valence-corrected chi connectivity index (χ2v) is 5.85. The summed E-state index contributed by atoms with van der Waals surface area (Å²) in [6, 6.07) is 9.37. The van der Waals surface area contributed by atoms with Crippen LogP contribution >= 0.6 is 0 Å². The van der Waals surface area contributed by atoms with Crippen molar-refractivity contribution in [2.24, 2.45) is 11.7 Å². The van der Waals surface area contributed by atoms with Crippen LogP contribution in [-0.4, -0.2) is 32.8 Å². The van der Waals surface area contributed by atoms with Crippen molar-refractivity contribution in [2.75, 3.05) is 31.7 Å². The van der Waals surface area contributed by atoms with E-state index in [1.165, 1.54) is 24.1 Å². The smallest absolute Gasteiger partial charge is 0.0668 e. The Kier molecular flexibility index (Phi) is 3.76. The van der Waals surface area contributed by atoms with Crippen molar-refractivity contribution >= 4 is 5.69 Å². The van der Waals surface area contributed by atoms with E-state index in [1.807, 2.05) is 7.11 Å². The molecule has 3 rings (SSSR count). The van der Waals surface area contributed by atoms with Crippen LogP contribution in [0.3, 0.4) is 0 Å². The maximum absolute atomic E-state index is 5.77. The van der Waals surface area contributed by atoms with E-state index in [0.717, 1.165) is 32.0 Å². The van der Waals surface area contributed by atoms with Gasteiger partial charge in [-0.15, -0.1) is 0 Å². The molecule has 2 atom stereocenters. The maximum atomic E-state index is 5.77. The lowest BCUT2D eigenvalue weighted by atomic mass is 9.98. The van der Waals surface area contributed by atoms with Gasteiger partial charge in [0.05, 0.1) is 12.6 Å². The van der Waals surface area contributed by atoms with Crippen molar-refractivity contribution < 1.29 is 4.74 Å². The van der Waals surface area contributed by atoms with Gasteiger partial charge in [-0.05, 0) is 43.4 Å². The Morgan fingerprint density at radius 3 is 2.84 bits per heavy atom. The fourth-order valence-electron chi connectivity index (χ4n) is 3.42. The molecule has 1 saturated carbocycles. The van der Waals surface area contributed by atoms with Gasteiger partial charge in [0.25, 0.3) is 0 Å². The summed E-state index contributed by atoms with van der Waals surface area (Å²) in [4.78, 5) is 2.58. The standard InChI is InChI=1S/C16H24N2O/c1-19-11-16(12-6-7-12)18-10-13(8-9-17)14-4-2-3-5-15(14)18/h2-5,12-13,16H,6-11,17H2,1H3. The van der Waals surface area contributed by atoms with Crippen LogP contribution in [0.25, 0.3) is 0 Å². The van der Waals surface area contributed by atoms with E-state index in [2.05, 4.69) is 29.2 Å². The fraction of sp³-hybridized carbons (Fsp3) is 0.625. The minimum Gasteiger partial charge on any atom is -0.383 e. The zero-order chi connectivity index (χ0) is 13.2. The lowest BCUT2D eigenvalue weighted by Crippen LogP contribution is -2.39. The van der Waals surface area contributed by atoms with E-state index in [4.69, 9.17) is 10.5 Å². The molecule has 1 fully saturated rings. The molecule has 0 saturated heterocycles. The molecule has 0 amide bonds. The van der Waals surface area contributed by atoms with Gasteiger partial charge in [0, 0.05) is 25.3 Å². The third-order valence-electron chi connectivity index (χ3n) is 4.52. The molecule has 1 aromatic rings. The lowest BCUT2D eigenvalue weighted by molar-refractivity contribution is 0.169. The minimum absolute atomic E-state index is 0.550. The number of rotatable bonds is 6. The molecule has 104 valence electrons. The quantitative estimate of drug-likeness (QED) is 0.853. The molecule has 0 aromatic heterocycles. The van der Waals surface area contributed by atoms with Gasteiger partial charge in [0.2, 0.25) is 0 Å². The molecule has 0 spiro atoms. The number of methoxy groups -OCH3 is 1. The van der Waals surface area contributed by atoms with E-state index in [9.17, 15) is 0 Å². The zero-order valence-electron chi connectivity index (χ0n) is 11.7. The van der Waals surface area contributed by atoms with Gasteiger partial charge in [-0.2, -0.15) is 0 Å². The van der Waals surface area contributed by atoms with Crippen LogP contribution in [0.15, 0.2) is 24.3 Å². The molecule has 1 aliphatic carbocycles. The second kappa shape index (κ2) is 5.51. The number of anilines is 1. The minimum atomic E-state index is 0.550. The van der Waals surface area contributed by atoms with Gasteiger partial charge in [0.15, 0.2) is 0 Å². The van der Waals surface area contributed by atoms with Crippen molar-refractivity contribution in [3.05, 3.63) is 29.8 Å². The predicted octanol–water partition coefficient (Wildman–Crippen LogP) is 2.36. The number of hydrogen-bond donors (Lipinski definition) is 1. The molecule has 3 heteroatoms. The molecule has 2 N–H and O–H groups in total. The molecule has 0 bridgehead atoms. The van der Waals surface area contributed by atoms with Crippen LogP contribution in [0.4, 0.5) is 5.69 Å². The molecule has 19 heavy (non-hydrogen) atoms. The van der Waals surface area contributed by atoms with Crippen molar-refractivity contribution in [2.45, 2.75) is 31.2 Å². The Bertz CT molecular complexity index is 431. The summed E-state index contributed by atoms with van der Waals surface area (Å²) in [7, 11) is 1.81. The van der Waals surface area contributed by atoms with E-state index in [-0.39, 0.29) is 0 Å². The first kappa shape index (κ1) is 12.9. The number of para-hydroxylation sites is 1. The van der Waals surface area contributed by atoms with Crippen LogP contribution in [0.1, 0.15) is 30.7 Å². The van der Waals surface area contributed by atoms with Gasteiger partial charge in [0.1, 0.15) is 0 Å². The fourth-order valence-corrected chi connectivity index (χ4v) is 3.42. The second-order valence-electron chi connectivity index (χ2n) is 5.85. The van der Waals surface area contributed by atoms with E-state index >= 15 is 0 Å². The molecule has 1 aliphatic heterocycles. The van der Waals surface area contributed by atoms with Gasteiger partial charge >= 0.3 is 0 Å². The third-order valence-corrected chi connectivity index (χ3v) is 4.52. The highest BCUT2D eigenvalue weighted by Gasteiger charge is 2.39. The van der Waals surface area contributed by atoms with Crippen LogP contribution < -0.4 is 10.6 Å². The van der Waals surface area contributed by atoms with Gasteiger partial charge in [-0.1, -0.05) is 18.2 Å². The Morgan fingerprint density at radius 1 is 1.37 bits per heavy atom. The van der Waals surface area contributed by atoms with Crippen LogP contribution in [0.2, 0.25) is 0 Å². The Labute approximate surface area is 115 Å². The highest BCUT2D eigenvalue weighted by atomic mass is 16.5. The Morgan fingerprint density at radius 2 is 2.16 bits per heavy atom. The normalized spacial score (nSPS) is 23.5. The number of benzene rings is 1. The highest BCUT2D eigenvalue weighted by Crippen LogP contribution is 2.44. The molecule has 1 aromatic carbocycles. The van der Waals surface area contributed by atoms with Crippen molar-refractivity contribution in [3.63, 3.8) is 0 Å². The van der Waals surface area contributed by atoms with Gasteiger partial charge in [-0.3, -0.25) is 0 Å². The molecule has 0 radical (unpaired) electrons. The van der Waals surface area contributed by atoms with Crippen molar-refractivity contribution in [1.29, 1.82) is 0 Å². The van der Waals surface area contributed by atoms with Crippen molar-refractivity contribution in [3.8, 4) is 0 Å². The summed E-state index contributed by atoms with van der Waals surface area (Å²) >= 11 is 0. The van der Waals surface area contributed by atoms with E-state index in [1.54, 1.807) is 0 Å². The summed E-state index contributed by atoms with van der Waals surface area (Å²) < 4.78 is 5.46. The average Bonchev–Trinajstić information content (AvgIpc) is 3.21. The topological polar surface area (TPSA) is 38.5 Å². The molecular formula is C16H24N2O. The number of nitrogens with two attached hydrogens (primary N) is 1. The molecule has 1 heterocycles. The van der Waals surface area contributed by atoms with E-state index < -0.39 is 0 Å². The van der Waals surface area contributed by atoms with Crippen LogP contribution in [-0.2, 0) is 4.74 Å². The molecular weight excluding hydrogens is 236 g/mol. The summed E-state index contributed by atoms with van der Waals surface area (Å²) in [5.41, 5.74) is 8.67. The lowest BCUT2D eigenvalue weighted by Gasteiger charge is -2.30. The predicted molar refractivity (Wildman–Crippen MR) is 78.6 cm³/mol. The van der Waals surface area contributed by atoms with Gasteiger partial charge < -0.3 is 15.4 Å². The first-order valence-electron chi connectivity index (χ1n) is 7.39. The molecule has 2 unspecified atom stereocenters. The monoisotopic (exact) mass is 260 g/mol. The Hall–Kier alpha value is -1.06. The van der Waals surface area contributed by atoms with E-state index in [0.29, 0.717) is 12.0 Å². The summed E-state index contributed by atoms with van der Waals surface area (Å²) in [5, 5.41) is 0. The number of ether oxygens (including phenoxy) is 1. The largest absolute Gasteiger partial charge is 0.383 e. The van der Waals surface area contributed by atoms with Crippen molar-refractivity contribution in [1.82, 2.24) is 0 Å². The number of fused-ring (bicyclic) bond motifs is 1. The maximum Gasteiger partial charge on any atom is 0.0668 e. The first-order chi connectivity index (χ1) is 9.35.